The van der Waals surface area contributed by atoms with Gasteiger partial charge in [-0.15, -0.1) is 0 Å². The lowest BCUT2D eigenvalue weighted by Crippen LogP contribution is -2.57. The van der Waals surface area contributed by atoms with E-state index in [4.69, 9.17) is 15.9 Å². The molecule has 0 radical (unpaired) electrons. The van der Waals surface area contributed by atoms with Gasteiger partial charge in [-0.2, -0.15) is 0 Å². The molecular weight excluding hydrogens is 640 g/mol. The number of benzene rings is 2. The number of nitrogens with two attached hydrogens (primary N) is 1. The second-order valence-electron chi connectivity index (χ2n) is 11.7. The minimum Gasteiger partial charge on any atom is -0.481 e. The number of guanidine groups is 1. The largest absolute Gasteiger partial charge is 0.481 e. The van der Waals surface area contributed by atoms with Crippen molar-refractivity contribution < 1.29 is 37.4 Å². The number of hydrogen-bond acceptors (Lipinski definition) is 8. The Hall–Kier alpha value is -4.92. The first-order valence-corrected chi connectivity index (χ1v) is 17.6. The van der Waals surface area contributed by atoms with E-state index in [1.165, 1.54) is 0 Å². The first kappa shape index (κ1) is 37.5. The lowest BCUT2D eigenvalue weighted by molar-refractivity contribution is -0.137. The van der Waals surface area contributed by atoms with Gasteiger partial charge in [0.05, 0.1) is 12.5 Å². The maximum Gasteiger partial charge on any atom is 0.407 e. The summed E-state index contributed by atoms with van der Waals surface area (Å²) in [5.74, 6) is -3.56. The van der Waals surface area contributed by atoms with Crippen LogP contribution in [0.1, 0.15) is 56.6 Å². The molecule has 14 nitrogen and oxygen atoms in total. The van der Waals surface area contributed by atoms with E-state index in [-0.39, 0.29) is 31.4 Å². The van der Waals surface area contributed by atoms with E-state index < -0.39 is 64.2 Å². The zero-order valence-corrected chi connectivity index (χ0v) is 28.0. The van der Waals surface area contributed by atoms with Gasteiger partial charge >= 0.3 is 12.1 Å². The summed E-state index contributed by atoms with van der Waals surface area (Å²) in [6, 6.07) is 12.3. The molecule has 2 aromatic carbocycles. The molecule has 0 bridgehead atoms. The fourth-order valence-corrected chi connectivity index (χ4v) is 5.88. The van der Waals surface area contributed by atoms with Gasteiger partial charge in [0.2, 0.25) is 11.8 Å². The second kappa shape index (κ2) is 17.3. The highest BCUT2D eigenvalue weighted by molar-refractivity contribution is 7.93. The van der Waals surface area contributed by atoms with Gasteiger partial charge in [-0.1, -0.05) is 74.9 Å². The zero-order valence-electron chi connectivity index (χ0n) is 27.2. The third kappa shape index (κ3) is 11.1. The van der Waals surface area contributed by atoms with Crippen LogP contribution in [0.4, 0.5) is 4.79 Å². The summed E-state index contributed by atoms with van der Waals surface area (Å²) < 4.78 is 28.9. The number of sulfone groups is 1. The van der Waals surface area contributed by atoms with Crippen molar-refractivity contribution in [2.24, 2.45) is 11.7 Å². The molecule has 3 amide bonds. The molecule has 0 aliphatic heterocycles. The van der Waals surface area contributed by atoms with Gasteiger partial charge in [-0.25, -0.2) is 13.2 Å². The van der Waals surface area contributed by atoms with Crippen LogP contribution in [0.2, 0.25) is 0 Å². The van der Waals surface area contributed by atoms with E-state index in [1.54, 1.807) is 13.8 Å². The maximum absolute atomic E-state index is 13.6. The summed E-state index contributed by atoms with van der Waals surface area (Å²) >= 11 is 0. The molecule has 8 N–H and O–H groups in total. The number of amides is 3. The van der Waals surface area contributed by atoms with Gasteiger partial charge in [0.15, 0.2) is 15.8 Å². The van der Waals surface area contributed by atoms with Crippen LogP contribution < -0.4 is 27.0 Å². The monoisotopic (exact) mass is 684 g/mol. The quantitative estimate of drug-likeness (QED) is 0.0730. The molecule has 4 atom stereocenters. The van der Waals surface area contributed by atoms with Crippen LogP contribution in [-0.4, -0.2) is 80.9 Å². The molecule has 0 aromatic heterocycles. The molecular formula is C33H44N6O8S. The number of alkyl carbamates (subject to hydrolysis) is 1. The van der Waals surface area contributed by atoms with Crippen molar-refractivity contribution in [1.29, 1.82) is 5.41 Å². The first-order valence-electron chi connectivity index (χ1n) is 15.6. The van der Waals surface area contributed by atoms with Crippen molar-refractivity contribution in [2.75, 3.05) is 19.4 Å². The van der Waals surface area contributed by atoms with Crippen LogP contribution in [-0.2, 0) is 29.0 Å². The van der Waals surface area contributed by atoms with E-state index >= 15 is 0 Å². The van der Waals surface area contributed by atoms with Gasteiger partial charge in [-0.3, -0.25) is 19.8 Å². The van der Waals surface area contributed by atoms with Crippen molar-refractivity contribution in [3.63, 3.8) is 0 Å². The Kier molecular flexibility index (Phi) is 13.5. The number of carbonyl (C=O) groups excluding carboxylic acids is 3. The van der Waals surface area contributed by atoms with Crippen molar-refractivity contribution >= 4 is 39.7 Å². The lowest BCUT2D eigenvalue weighted by Gasteiger charge is -2.28. The lowest BCUT2D eigenvalue weighted by atomic mass is 9.97. The van der Waals surface area contributed by atoms with Gasteiger partial charge < -0.3 is 36.8 Å². The topological polar surface area (TPSA) is 230 Å². The number of carbonyl (C=O) groups is 4. The van der Waals surface area contributed by atoms with E-state index in [2.05, 4.69) is 21.3 Å². The van der Waals surface area contributed by atoms with E-state index in [0.29, 0.717) is 12.8 Å². The summed E-state index contributed by atoms with van der Waals surface area (Å²) in [7, 11) is -3.60. The predicted octanol–water partition coefficient (Wildman–Crippen LogP) is 2.21. The SMILES string of the molecule is CCC(C)C(NC(=O)[C@H](CCCNC(=N)N)NC(=O)OCC1c2ccccc2-c2ccccc21)C(=O)N[C@H](/C=C/S(C)(=O)=O)CC(=O)O. The highest BCUT2D eigenvalue weighted by atomic mass is 32.2. The van der Waals surface area contributed by atoms with Gasteiger partial charge in [0, 0.05) is 24.1 Å². The Morgan fingerprint density at radius 3 is 2.15 bits per heavy atom. The van der Waals surface area contributed by atoms with E-state index in [0.717, 1.165) is 40.0 Å². The summed E-state index contributed by atoms with van der Waals surface area (Å²) in [4.78, 5) is 51.5. The molecule has 2 unspecified atom stereocenters. The molecule has 3 rings (SSSR count). The molecule has 0 spiro atoms. The molecule has 0 saturated heterocycles. The Balaban J connectivity index is 1.75. The number of aliphatic carboxylic acids is 1. The summed E-state index contributed by atoms with van der Waals surface area (Å²) in [5, 5.41) is 27.9. The van der Waals surface area contributed by atoms with Crippen molar-refractivity contribution in [2.45, 2.75) is 63.6 Å². The standard InChI is InChI=1S/C33H44N6O8S/c1-4-20(2)29(31(43)37-21(18-28(40)41)15-17-48(3,45)46)39-30(42)27(14-9-16-36-32(34)35)38-33(44)47-19-26-24-12-7-5-10-22(24)23-11-6-8-13-25(23)26/h5-8,10-13,15,17,20-21,26-27,29H,4,9,14,16,18-19H2,1-3H3,(H,37,43)(H,38,44)(H,39,42)(H,40,41)(H4,34,35,36)/b17-15+/t20?,21-,27+,29?/m1/s1. The molecule has 15 heteroatoms. The molecule has 1 aliphatic carbocycles. The highest BCUT2D eigenvalue weighted by Gasteiger charge is 2.32. The van der Waals surface area contributed by atoms with Crippen LogP contribution in [0.3, 0.4) is 0 Å². The van der Waals surface area contributed by atoms with Gasteiger partial charge in [0.1, 0.15) is 18.7 Å². The summed E-state index contributed by atoms with van der Waals surface area (Å²) in [6.45, 7) is 3.78. The minimum absolute atomic E-state index is 0.0178. The van der Waals surface area contributed by atoms with E-state index in [9.17, 15) is 32.7 Å². The van der Waals surface area contributed by atoms with Crippen molar-refractivity contribution in [1.82, 2.24) is 21.3 Å². The van der Waals surface area contributed by atoms with Gasteiger partial charge in [-0.05, 0) is 41.0 Å². The Morgan fingerprint density at radius 2 is 1.60 bits per heavy atom. The average molecular weight is 685 g/mol. The second-order valence-corrected chi connectivity index (χ2v) is 13.7. The predicted molar refractivity (Wildman–Crippen MR) is 181 cm³/mol. The molecule has 0 heterocycles. The fourth-order valence-electron chi connectivity index (χ4n) is 5.40. The van der Waals surface area contributed by atoms with E-state index in [1.807, 2.05) is 48.5 Å². The van der Waals surface area contributed by atoms with Crippen LogP contribution in [0.5, 0.6) is 0 Å². The van der Waals surface area contributed by atoms with Crippen LogP contribution >= 0.6 is 0 Å². The fraction of sp³-hybridized carbons (Fsp3) is 0.424. The molecule has 48 heavy (non-hydrogen) atoms. The molecule has 1 aliphatic rings. The highest BCUT2D eigenvalue weighted by Crippen LogP contribution is 2.44. The Labute approximate surface area is 280 Å². The molecule has 0 fully saturated rings. The van der Waals surface area contributed by atoms with Crippen molar-refractivity contribution in [3.05, 3.63) is 71.1 Å². The minimum atomic E-state index is -3.60. The third-order valence-corrected chi connectivity index (χ3v) is 8.66. The zero-order chi connectivity index (χ0) is 35.4. The summed E-state index contributed by atoms with van der Waals surface area (Å²) in [6.07, 6.45) is 1.44. The number of carboxylic acids is 1. The van der Waals surface area contributed by atoms with Gasteiger partial charge in [0.25, 0.3) is 0 Å². The number of hydrogen-bond donors (Lipinski definition) is 7. The first-order chi connectivity index (χ1) is 22.7. The molecule has 2 aromatic rings. The van der Waals surface area contributed by atoms with Crippen LogP contribution in [0.15, 0.2) is 60.0 Å². The molecule has 260 valence electrons. The molecule has 0 saturated carbocycles. The smallest absolute Gasteiger partial charge is 0.407 e. The normalized spacial score (nSPS) is 14.9. The number of fused-ring (bicyclic) bond motifs is 3. The number of nitrogens with one attached hydrogen (secondary N) is 5. The number of rotatable bonds is 17. The Morgan fingerprint density at radius 1 is 1.00 bits per heavy atom. The third-order valence-electron chi connectivity index (χ3n) is 8.01. The van der Waals surface area contributed by atoms with Crippen molar-refractivity contribution in [3.8, 4) is 11.1 Å². The maximum atomic E-state index is 13.6. The summed E-state index contributed by atoms with van der Waals surface area (Å²) in [5.41, 5.74) is 9.52. The van der Waals surface area contributed by atoms with Crippen LogP contribution in [0, 0.1) is 11.3 Å². The van der Waals surface area contributed by atoms with Crippen LogP contribution in [0.25, 0.3) is 11.1 Å². The number of ether oxygens (including phenoxy) is 1. The Bertz CT molecular complexity index is 1580. The average Bonchev–Trinajstić information content (AvgIpc) is 3.35. The number of carboxylic acid groups (broad SMARTS) is 1.